The first-order valence-corrected chi connectivity index (χ1v) is 10.3. The molecule has 9 nitrogen and oxygen atoms in total. The molecular formula is C22H23N7O2. The predicted octanol–water partition coefficient (Wildman–Crippen LogP) is 2.40. The number of methoxy groups -OCH3 is 1. The Kier molecular flexibility index (Phi) is 5.07. The zero-order valence-electron chi connectivity index (χ0n) is 17.3. The van der Waals surface area contributed by atoms with Crippen LogP contribution < -0.4 is 4.74 Å². The number of ether oxygens (including phenoxy) is 1. The molecule has 0 N–H and O–H groups in total. The van der Waals surface area contributed by atoms with E-state index in [1.165, 1.54) is 6.33 Å². The lowest BCUT2D eigenvalue weighted by molar-refractivity contribution is 0.0705. The van der Waals surface area contributed by atoms with Crippen molar-refractivity contribution in [2.24, 2.45) is 0 Å². The maximum Gasteiger partial charge on any atom is 0.253 e. The van der Waals surface area contributed by atoms with Gasteiger partial charge in [-0.25, -0.2) is 9.50 Å². The van der Waals surface area contributed by atoms with Gasteiger partial charge in [-0.1, -0.05) is 0 Å². The average Bonchev–Trinajstić information content (AvgIpc) is 3.50. The monoisotopic (exact) mass is 417 g/mol. The van der Waals surface area contributed by atoms with Crippen LogP contribution in [0.15, 0.2) is 55.2 Å². The SMILES string of the molecule is COc1ccc(C(=O)N2CCC[C@@H](c3ccnc4ncnn34)C2)cc1Cn1cccn1. The number of amides is 1. The van der Waals surface area contributed by atoms with E-state index in [2.05, 4.69) is 20.2 Å². The molecule has 158 valence electrons. The van der Waals surface area contributed by atoms with Crippen LogP contribution in [0, 0.1) is 0 Å². The van der Waals surface area contributed by atoms with Gasteiger partial charge >= 0.3 is 0 Å². The van der Waals surface area contributed by atoms with Crippen LogP contribution in [0.25, 0.3) is 5.78 Å². The summed E-state index contributed by atoms with van der Waals surface area (Å²) < 4.78 is 9.08. The highest BCUT2D eigenvalue weighted by atomic mass is 16.5. The number of piperidine rings is 1. The topological polar surface area (TPSA) is 90.4 Å². The highest BCUT2D eigenvalue weighted by molar-refractivity contribution is 5.94. The molecule has 4 aromatic rings. The van der Waals surface area contributed by atoms with E-state index in [1.54, 1.807) is 24.0 Å². The molecule has 1 aliphatic rings. The van der Waals surface area contributed by atoms with Gasteiger partial charge in [0, 0.05) is 48.7 Å². The molecule has 4 heterocycles. The highest BCUT2D eigenvalue weighted by Crippen LogP contribution is 2.28. The number of aromatic nitrogens is 6. The van der Waals surface area contributed by atoms with Crippen molar-refractivity contribution in [1.82, 2.24) is 34.3 Å². The van der Waals surface area contributed by atoms with Gasteiger partial charge in [-0.05, 0) is 43.2 Å². The van der Waals surface area contributed by atoms with Gasteiger partial charge < -0.3 is 9.64 Å². The fourth-order valence-corrected chi connectivity index (χ4v) is 4.25. The van der Waals surface area contributed by atoms with Crippen molar-refractivity contribution in [3.05, 3.63) is 72.1 Å². The minimum absolute atomic E-state index is 0.0259. The van der Waals surface area contributed by atoms with E-state index in [4.69, 9.17) is 4.74 Å². The third-order valence-corrected chi connectivity index (χ3v) is 5.76. The normalized spacial score (nSPS) is 16.5. The molecular weight excluding hydrogens is 394 g/mol. The number of carbonyl (C=O) groups excluding carboxylic acids is 1. The molecule has 0 bridgehead atoms. The minimum atomic E-state index is 0.0259. The maximum absolute atomic E-state index is 13.4. The van der Waals surface area contributed by atoms with Gasteiger partial charge in [0.2, 0.25) is 0 Å². The van der Waals surface area contributed by atoms with Gasteiger partial charge in [-0.3, -0.25) is 9.48 Å². The van der Waals surface area contributed by atoms with E-state index in [0.717, 1.165) is 36.4 Å². The Morgan fingerprint density at radius 1 is 1.19 bits per heavy atom. The lowest BCUT2D eigenvalue weighted by Gasteiger charge is -2.33. The molecule has 0 unspecified atom stereocenters. The zero-order chi connectivity index (χ0) is 21.2. The van der Waals surface area contributed by atoms with E-state index in [9.17, 15) is 4.79 Å². The molecule has 1 fully saturated rings. The molecule has 0 saturated carbocycles. The molecule has 1 aromatic carbocycles. The largest absolute Gasteiger partial charge is 0.496 e. The van der Waals surface area contributed by atoms with Crippen LogP contribution in [-0.2, 0) is 6.54 Å². The van der Waals surface area contributed by atoms with Gasteiger partial charge in [0.05, 0.1) is 19.3 Å². The first-order chi connectivity index (χ1) is 15.2. The van der Waals surface area contributed by atoms with Crippen LogP contribution >= 0.6 is 0 Å². The van der Waals surface area contributed by atoms with E-state index in [1.807, 2.05) is 46.1 Å². The Balaban J connectivity index is 1.39. The Hall–Kier alpha value is -3.75. The van der Waals surface area contributed by atoms with Crippen molar-refractivity contribution in [1.29, 1.82) is 0 Å². The Morgan fingerprint density at radius 2 is 2.13 bits per heavy atom. The fraction of sp³-hybridized carbons (Fsp3) is 0.318. The van der Waals surface area contributed by atoms with Crippen molar-refractivity contribution < 1.29 is 9.53 Å². The summed E-state index contributed by atoms with van der Waals surface area (Å²) in [5, 5.41) is 8.57. The molecule has 0 spiro atoms. The zero-order valence-corrected chi connectivity index (χ0v) is 17.3. The molecule has 1 saturated heterocycles. The smallest absolute Gasteiger partial charge is 0.253 e. The second kappa shape index (κ2) is 8.17. The third kappa shape index (κ3) is 3.74. The molecule has 3 aromatic heterocycles. The number of fused-ring (bicyclic) bond motifs is 1. The molecule has 31 heavy (non-hydrogen) atoms. The first kappa shape index (κ1) is 19.2. The molecule has 1 amide bonds. The van der Waals surface area contributed by atoms with Crippen molar-refractivity contribution in [2.45, 2.75) is 25.3 Å². The number of hydrogen-bond donors (Lipinski definition) is 0. The summed E-state index contributed by atoms with van der Waals surface area (Å²) in [5.74, 6) is 1.54. The van der Waals surface area contributed by atoms with Crippen LogP contribution in [0.3, 0.4) is 0 Å². The van der Waals surface area contributed by atoms with E-state index in [0.29, 0.717) is 24.4 Å². The lowest BCUT2D eigenvalue weighted by Crippen LogP contribution is -2.39. The van der Waals surface area contributed by atoms with Gasteiger partial charge in [0.15, 0.2) is 0 Å². The van der Waals surface area contributed by atoms with E-state index < -0.39 is 0 Å². The number of likely N-dealkylation sites (tertiary alicyclic amines) is 1. The number of carbonyl (C=O) groups is 1. The summed E-state index contributed by atoms with van der Waals surface area (Å²) in [4.78, 5) is 23.7. The summed E-state index contributed by atoms with van der Waals surface area (Å²) in [6, 6.07) is 9.44. The second-order valence-corrected chi connectivity index (χ2v) is 7.66. The Labute approximate surface area is 179 Å². The van der Waals surface area contributed by atoms with Gasteiger partial charge in [0.25, 0.3) is 11.7 Å². The predicted molar refractivity (Wildman–Crippen MR) is 113 cm³/mol. The second-order valence-electron chi connectivity index (χ2n) is 7.66. The first-order valence-electron chi connectivity index (χ1n) is 10.3. The van der Waals surface area contributed by atoms with Crippen LogP contribution in [0.2, 0.25) is 0 Å². The van der Waals surface area contributed by atoms with E-state index in [-0.39, 0.29) is 11.8 Å². The van der Waals surface area contributed by atoms with Gasteiger partial charge in [-0.2, -0.15) is 15.2 Å². The summed E-state index contributed by atoms with van der Waals surface area (Å²) in [5.41, 5.74) is 2.61. The van der Waals surface area contributed by atoms with Crippen molar-refractivity contribution >= 4 is 11.7 Å². The minimum Gasteiger partial charge on any atom is -0.496 e. The van der Waals surface area contributed by atoms with Gasteiger partial charge in [0.1, 0.15) is 12.1 Å². The molecule has 9 heteroatoms. The van der Waals surface area contributed by atoms with Crippen LogP contribution in [-0.4, -0.2) is 60.4 Å². The third-order valence-electron chi connectivity index (χ3n) is 5.76. The van der Waals surface area contributed by atoms with E-state index >= 15 is 0 Å². The van der Waals surface area contributed by atoms with Crippen LogP contribution in [0.4, 0.5) is 0 Å². The molecule has 0 radical (unpaired) electrons. The number of rotatable bonds is 5. The Morgan fingerprint density at radius 3 is 2.97 bits per heavy atom. The molecule has 1 aliphatic heterocycles. The van der Waals surface area contributed by atoms with Crippen molar-refractivity contribution in [3.63, 3.8) is 0 Å². The number of benzene rings is 1. The lowest BCUT2D eigenvalue weighted by atomic mass is 9.94. The summed E-state index contributed by atoms with van der Waals surface area (Å²) in [6.07, 6.45) is 8.83. The summed E-state index contributed by atoms with van der Waals surface area (Å²) in [6.45, 7) is 1.92. The fourth-order valence-electron chi connectivity index (χ4n) is 4.25. The van der Waals surface area contributed by atoms with Gasteiger partial charge in [-0.15, -0.1) is 0 Å². The number of nitrogens with zero attached hydrogens (tertiary/aromatic N) is 7. The maximum atomic E-state index is 13.4. The van der Waals surface area contributed by atoms with Crippen LogP contribution in [0.5, 0.6) is 5.75 Å². The van der Waals surface area contributed by atoms with Crippen LogP contribution in [0.1, 0.15) is 40.4 Å². The van der Waals surface area contributed by atoms with Crippen molar-refractivity contribution in [3.8, 4) is 5.75 Å². The molecule has 5 rings (SSSR count). The highest BCUT2D eigenvalue weighted by Gasteiger charge is 2.27. The van der Waals surface area contributed by atoms with Crippen molar-refractivity contribution in [2.75, 3.05) is 20.2 Å². The Bertz CT molecular complexity index is 1200. The molecule has 0 aliphatic carbocycles. The summed E-state index contributed by atoms with van der Waals surface area (Å²) >= 11 is 0. The standard InChI is InChI=1S/C22H23N7O2/c1-31-20-6-5-16(12-18(20)14-28-11-3-8-25-28)21(30)27-10-2-4-17(13-27)19-7-9-23-22-24-15-26-29(19)22/h3,5-9,11-12,15,17H,2,4,10,13-14H2,1H3/t17-/m1/s1. The quantitative estimate of drug-likeness (QED) is 0.495. The summed E-state index contributed by atoms with van der Waals surface area (Å²) in [7, 11) is 1.64. The molecule has 1 atom stereocenters. The number of hydrogen-bond acceptors (Lipinski definition) is 6. The average molecular weight is 417 g/mol.